The molecular weight excluding hydrogens is 476 g/mol. The van der Waals surface area contributed by atoms with Crippen LogP contribution in [0.15, 0.2) is 42.5 Å². The van der Waals surface area contributed by atoms with E-state index in [1.165, 1.54) is 24.2 Å². The van der Waals surface area contributed by atoms with E-state index in [0.717, 1.165) is 53.8 Å². The zero-order valence-electron chi connectivity index (χ0n) is 20.5. The summed E-state index contributed by atoms with van der Waals surface area (Å²) in [4.78, 5) is 36.9. The smallest absolute Gasteiger partial charge is 0.328 e. The van der Waals surface area contributed by atoms with E-state index < -0.39 is 11.6 Å². The molecule has 2 N–H and O–H groups in total. The third-order valence-electron chi connectivity index (χ3n) is 8.12. The van der Waals surface area contributed by atoms with E-state index in [4.69, 9.17) is 11.6 Å². The van der Waals surface area contributed by atoms with E-state index >= 15 is 0 Å². The number of aromatic amines is 1. The summed E-state index contributed by atoms with van der Waals surface area (Å²) < 4.78 is 0. The minimum Gasteiger partial charge on any atom is -0.508 e. The summed E-state index contributed by atoms with van der Waals surface area (Å²) in [6.07, 6.45) is 4.89. The molecule has 3 aliphatic heterocycles. The van der Waals surface area contributed by atoms with Crippen molar-refractivity contribution >= 4 is 34.4 Å². The molecule has 8 heteroatoms. The molecule has 6 rings (SSSR count). The van der Waals surface area contributed by atoms with Crippen LogP contribution in [0.1, 0.15) is 55.5 Å². The quantitative estimate of drug-likeness (QED) is 0.473. The van der Waals surface area contributed by atoms with Gasteiger partial charge in [-0.05, 0) is 87.3 Å². The van der Waals surface area contributed by atoms with Crippen LogP contribution in [0.4, 0.5) is 4.79 Å². The van der Waals surface area contributed by atoms with Gasteiger partial charge in [-0.15, -0.1) is 0 Å². The molecule has 0 radical (unpaired) electrons. The van der Waals surface area contributed by atoms with E-state index in [1.807, 2.05) is 31.2 Å². The zero-order chi connectivity index (χ0) is 25.0. The lowest BCUT2D eigenvalue weighted by atomic mass is 9.81. The molecule has 0 aliphatic carbocycles. The van der Waals surface area contributed by atoms with Crippen molar-refractivity contribution < 1.29 is 14.7 Å². The second-order valence-electron chi connectivity index (χ2n) is 10.5. The summed E-state index contributed by atoms with van der Waals surface area (Å²) in [5.74, 6) is -0.0323. The summed E-state index contributed by atoms with van der Waals surface area (Å²) in [6, 6.07) is 11.8. The minimum atomic E-state index is -1.03. The molecule has 2 fully saturated rings. The maximum absolute atomic E-state index is 13.9. The van der Waals surface area contributed by atoms with Crippen LogP contribution in [0, 0.1) is 0 Å². The lowest BCUT2D eigenvalue weighted by Gasteiger charge is -2.42. The molecule has 0 saturated carbocycles. The number of piperidine rings is 1. The summed E-state index contributed by atoms with van der Waals surface area (Å²) in [5.41, 5.74) is 2.51. The van der Waals surface area contributed by atoms with Gasteiger partial charge in [-0.3, -0.25) is 14.6 Å². The molecule has 2 atom stereocenters. The molecule has 188 valence electrons. The number of halogens is 1. The van der Waals surface area contributed by atoms with Crippen molar-refractivity contribution in [2.45, 2.75) is 50.6 Å². The highest BCUT2D eigenvalue weighted by Gasteiger charge is 2.60. The van der Waals surface area contributed by atoms with Crippen LogP contribution in [0.2, 0.25) is 5.02 Å². The van der Waals surface area contributed by atoms with Gasteiger partial charge in [0.15, 0.2) is 0 Å². The number of hydrogen-bond acceptors (Lipinski definition) is 4. The number of benzene rings is 2. The fourth-order valence-electron chi connectivity index (χ4n) is 6.36. The number of hydrogen-bond donors (Lipinski definition) is 2. The van der Waals surface area contributed by atoms with Crippen LogP contribution in [-0.4, -0.2) is 68.4 Å². The van der Waals surface area contributed by atoms with Crippen molar-refractivity contribution in [2.24, 2.45) is 0 Å². The molecule has 0 spiro atoms. The zero-order valence-corrected chi connectivity index (χ0v) is 21.2. The molecule has 7 nitrogen and oxygen atoms in total. The average molecular weight is 507 g/mol. The van der Waals surface area contributed by atoms with Crippen molar-refractivity contribution in [2.75, 3.05) is 26.2 Å². The topological polar surface area (TPSA) is 79.9 Å². The van der Waals surface area contributed by atoms with Gasteiger partial charge >= 0.3 is 6.03 Å². The highest BCUT2D eigenvalue weighted by Crippen LogP contribution is 2.49. The Hall–Kier alpha value is -3.03. The number of likely N-dealkylation sites (tertiary alicyclic amines) is 1. The number of nitrogens with one attached hydrogen (secondary N) is 1. The molecule has 3 aromatic rings. The largest absolute Gasteiger partial charge is 0.508 e. The van der Waals surface area contributed by atoms with Gasteiger partial charge in [-0.25, -0.2) is 4.79 Å². The second kappa shape index (κ2) is 8.82. The number of fused-ring (bicyclic) bond motifs is 4. The Morgan fingerprint density at radius 3 is 2.67 bits per heavy atom. The van der Waals surface area contributed by atoms with Crippen molar-refractivity contribution in [1.29, 1.82) is 0 Å². The van der Waals surface area contributed by atoms with Gasteiger partial charge in [-0.1, -0.05) is 30.2 Å². The number of phenols is 1. The van der Waals surface area contributed by atoms with Crippen LogP contribution < -0.4 is 0 Å². The highest BCUT2D eigenvalue weighted by molar-refractivity contribution is 6.31. The SMILES string of the molecule is CC12Cc3c([nH]c4ccc(Cl)cc34)C(c3cccc(O)c3)N1C(=O)N(CCCN1CCCCC1)C2=O. The van der Waals surface area contributed by atoms with Crippen molar-refractivity contribution in [1.82, 2.24) is 19.7 Å². The van der Waals surface area contributed by atoms with Gasteiger partial charge in [0.1, 0.15) is 17.3 Å². The van der Waals surface area contributed by atoms with E-state index in [9.17, 15) is 14.7 Å². The van der Waals surface area contributed by atoms with E-state index in [0.29, 0.717) is 18.0 Å². The predicted octanol–water partition coefficient (Wildman–Crippen LogP) is 5.07. The van der Waals surface area contributed by atoms with Crippen LogP contribution in [0.3, 0.4) is 0 Å². The minimum absolute atomic E-state index is 0.122. The van der Waals surface area contributed by atoms with Gasteiger partial charge in [-0.2, -0.15) is 0 Å². The molecular formula is C28H31ClN4O3. The number of imide groups is 1. The van der Waals surface area contributed by atoms with Crippen molar-refractivity contribution in [3.05, 3.63) is 64.3 Å². The molecule has 2 unspecified atom stereocenters. The first-order valence-electron chi connectivity index (χ1n) is 12.8. The summed E-state index contributed by atoms with van der Waals surface area (Å²) >= 11 is 6.34. The number of H-pyrrole nitrogens is 1. The van der Waals surface area contributed by atoms with Crippen molar-refractivity contribution in [3.63, 3.8) is 0 Å². The maximum atomic E-state index is 13.9. The van der Waals surface area contributed by atoms with Gasteiger partial charge in [0, 0.05) is 34.6 Å². The summed E-state index contributed by atoms with van der Waals surface area (Å²) in [5, 5.41) is 11.9. The fraction of sp³-hybridized carbons (Fsp3) is 0.429. The van der Waals surface area contributed by atoms with Gasteiger partial charge in [0.2, 0.25) is 0 Å². The van der Waals surface area contributed by atoms with Crippen LogP contribution in [0.5, 0.6) is 5.75 Å². The second-order valence-corrected chi connectivity index (χ2v) is 11.0. The van der Waals surface area contributed by atoms with E-state index in [-0.39, 0.29) is 17.7 Å². The molecule has 3 amide bonds. The number of rotatable bonds is 5. The molecule has 2 aromatic carbocycles. The standard InChI is InChI=1S/C28H31ClN4O3/c1-28-17-22-21-16-19(29)9-10-23(21)30-24(22)25(18-7-5-8-20(34)15-18)33(28)27(36)32(26(28)35)14-6-13-31-11-3-2-4-12-31/h5,7-10,15-16,25,30,34H,2-4,6,11-14,17H2,1H3. The average Bonchev–Trinajstić information content (AvgIpc) is 3.30. The van der Waals surface area contributed by atoms with Crippen LogP contribution in [-0.2, 0) is 11.2 Å². The Bertz CT molecular complexity index is 1350. The highest BCUT2D eigenvalue weighted by atomic mass is 35.5. The lowest BCUT2D eigenvalue weighted by Crippen LogP contribution is -2.53. The Morgan fingerprint density at radius 1 is 1.08 bits per heavy atom. The number of aromatic nitrogens is 1. The van der Waals surface area contributed by atoms with Crippen molar-refractivity contribution in [3.8, 4) is 5.75 Å². The van der Waals surface area contributed by atoms with E-state index in [2.05, 4.69) is 9.88 Å². The normalized spacial score (nSPS) is 24.4. The summed E-state index contributed by atoms with van der Waals surface area (Å²) in [6.45, 7) is 5.37. The van der Waals surface area contributed by atoms with E-state index in [1.54, 1.807) is 23.1 Å². The number of nitrogens with zero attached hydrogens (tertiary/aromatic N) is 3. The lowest BCUT2D eigenvalue weighted by molar-refractivity contribution is -0.133. The fourth-order valence-corrected chi connectivity index (χ4v) is 6.53. The number of carbonyl (C=O) groups is 2. The molecule has 2 saturated heterocycles. The molecule has 4 heterocycles. The molecule has 3 aliphatic rings. The van der Waals surface area contributed by atoms with Gasteiger partial charge < -0.3 is 15.0 Å². The first-order valence-corrected chi connectivity index (χ1v) is 13.2. The maximum Gasteiger partial charge on any atom is 0.328 e. The monoisotopic (exact) mass is 506 g/mol. The number of carbonyl (C=O) groups excluding carboxylic acids is 2. The number of phenolic OH excluding ortho intramolecular Hbond substituents is 1. The Labute approximate surface area is 215 Å². The first-order chi connectivity index (χ1) is 17.4. The Kier molecular flexibility index (Phi) is 5.73. The first kappa shape index (κ1) is 23.4. The number of aromatic hydroxyl groups is 1. The Morgan fingerprint density at radius 2 is 1.89 bits per heavy atom. The Balaban J connectivity index is 1.39. The van der Waals surface area contributed by atoms with Crippen LogP contribution >= 0.6 is 11.6 Å². The third-order valence-corrected chi connectivity index (χ3v) is 8.35. The number of amides is 3. The van der Waals surface area contributed by atoms with Gasteiger partial charge in [0.25, 0.3) is 5.91 Å². The molecule has 0 bridgehead atoms. The predicted molar refractivity (Wildman–Crippen MR) is 139 cm³/mol. The third kappa shape index (κ3) is 3.68. The van der Waals surface area contributed by atoms with Gasteiger partial charge in [0.05, 0.1) is 0 Å². The number of urea groups is 1. The van der Waals surface area contributed by atoms with Crippen LogP contribution in [0.25, 0.3) is 10.9 Å². The summed E-state index contributed by atoms with van der Waals surface area (Å²) in [7, 11) is 0. The molecule has 36 heavy (non-hydrogen) atoms. The molecule has 1 aromatic heterocycles.